The molecule has 6 aliphatic rings. The summed E-state index contributed by atoms with van der Waals surface area (Å²) in [5.74, 6) is 2.85. The van der Waals surface area contributed by atoms with Crippen LogP contribution in [0.5, 0.6) is 17.2 Å². The molecule has 0 fully saturated rings. The van der Waals surface area contributed by atoms with E-state index in [9.17, 15) is 0 Å². The molecule has 0 saturated carbocycles. The van der Waals surface area contributed by atoms with Crippen LogP contribution in [0, 0.1) is 0 Å². The van der Waals surface area contributed by atoms with Crippen molar-refractivity contribution in [2.45, 2.75) is 69.8 Å². The smallest absolute Gasteiger partial charge is 0.182 e. The molecule has 8 aromatic carbocycles. The normalized spacial score (nSPS) is 18.6. The van der Waals surface area contributed by atoms with E-state index in [1.165, 1.54) is 70.8 Å². The molecule has 5 heterocycles. The Morgan fingerprint density at radius 3 is 1.66 bits per heavy atom. The van der Waals surface area contributed by atoms with Crippen LogP contribution in [-0.2, 0) is 16.2 Å². The second-order valence-corrected chi connectivity index (χ2v) is 25.2. The maximum absolute atomic E-state index is 7.37. The molecule has 14 rings (SSSR count). The number of hydrogen-bond acceptors (Lipinski definition) is 3. The van der Waals surface area contributed by atoms with Gasteiger partial charge in [-0.15, -0.1) is 0 Å². The molecule has 2 spiro atoms. The number of rotatable bonds is 1. The molecule has 5 aliphatic heterocycles. The van der Waals surface area contributed by atoms with Crippen molar-refractivity contribution >= 4 is 45.9 Å². The van der Waals surface area contributed by atoms with E-state index < -0.39 is 13.5 Å². The lowest BCUT2D eigenvalue weighted by molar-refractivity contribution is 0.269. The summed E-state index contributed by atoms with van der Waals surface area (Å²) in [6, 6.07) is 63.0. The Labute approximate surface area is 394 Å². The first-order chi connectivity index (χ1) is 32.5. The van der Waals surface area contributed by atoms with E-state index in [4.69, 9.17) is 9.47 Å². The van der Waals surface area contributed by atoms with E-state index in [0.29, 0.717) is 0 Å². The van der Waals surface area contributed by atoms with Gasteiger partial charge in [0, 0.05) is 28.3 Å². The number of para-hydroxylation sites is 1. The summed E-state index contributed by atoms with van der Waals surface area (Å²) >= 11 is 0. The molecule has 324 valence electrons. The van der Waals surface area contributed by atoms with Crippen LogP contribution in [0.4, 0.5) is 17.1 Å². The van der Waals surface area contributed by atoms with Crippen LogP contribution < -0.4 is 35.1 Å². The highest BCUT2D eigenvalue weighted by molar-refractivity contribution is 7.24. The van der Waals surface area contributed by atoms with Gasteiger partial charge in [0.25, 0.3) is 0 Å². The molecule has 2 unspecified atom stereocenters. The quantitative estimate of drug-likeness (QED) is 0.153. The standard InChI is InChI=1S/C63H51NO2Si/c1-61(2,3)38-27-33-53-49(35-38)63(50-36-39(62(4,5)6)28-34-54(50)65-53)47-21-11-12-22-51(47)64(59-48(63)32-31-46-41-17-7-13-23-52(41)66-60(46)59)40-29-30-45-44-20-10-16-26-57(44)67(58(45)37-40)55-24-14-8-18-42(55)43-19-9-15-25-56(43)67/h7-37,41,52H,1-6H3. The average Bonchev–Trinajstić information content (AvgIpc) is 3.97. The summed E-state index contributed by atoms with van der Waals surface area (Å²) in [6.07, 6.45) is 8.78. The van der Waals surface area contributed by atoms with Gasteiger partial charge in [0.2, 0.25) is 0 Å². The van der Waals surface area contributed by atoms with Gasteiger partial charge in [-0.1, -0.05) is 181 Å². The molecule has 2 atom stereocenters. The summed E-state index contributed by atoms with van der Waals surface area (Å²) in [6.45, 7) is 13.9. The van der Waals surface area contributed by atoms with Crippen molar-refractivity contribution in [2.75, 3.05) is 4.90 Å². The minimum Gasteiger partial charge on any atom is -0.483 e. The summed E-state index contributed by atoms with van der Waals surface area (Å²) in [5, 5.41) is 5.88. The van der Waals surface area contributed by atoms with Gasteiger partial charge in [0.1, 0.15) is 23.4 Å². The van der Waals surface area contributed by atoms with Gasteiger partial charge in [-0.05, 0) is 125 Å². The molecule has 8 aromatic rings. The number of nitrogens with zero attached hydrogens (tertiary/aromatic N) is 1. The largest absolute Gasteiger partial charge is 0.483 e. The zero-order valence-corrected chi connectivity index (χ0v) is 39.8. The van der Waals surface area contributed by atoms with Gasteiger partial charge in [0.05, 0.1) is 16.8 Å². The van der Waals surface area contributed by atoms with E-state index in [2.05, 4.69) is 235 Å². The second kappa shape index (κ2) is 13.3. The van der Waals surface area contributed by atoms with Crippen molar-refractivity contribution in [1.29, 1.82) is 0 Å². The Balaban J connectivity index is 1.11. The third kappa shape index (κ3) is 4.96. The highest BCUT2D eigenvalue weighted by Crippen LogP contribution is 2.66. The van der Waals surface area contributed by atoms with Crippen LogP contribution in [0.2, 0.25) is 0 Å². The monoisotopic (exact) mass is 881 g/mol. The molecule has 0 N–H and O–H groups in total. The van der Waals surface area contributed by atoms with Crippen molar-refractivity contribution in [2.24, 2.45) is 0 Å². The van der Waals surface area contributed by atoms with E-state index in [1.807, 2.05) is 0 Å². The van der Waals surface area contributed by atoms with Crippen LogP contribution in [0.1, 0.15) is 86.4 Å². The minimum atomic E-state index is -2.75. The number of benzene rings is 8. The highest BCUT2D eigenvalue weighted by atomic mass is 28.3. The molecular formula is C63H51NO2Si. The SMILES string of the molecule is CC(C)(C)c1ccc2c(c1)C1(c3cc(C(C)(C)C)ccc3O2)c2ccccc2N(c2ccc3c(c2)[Si]2(c4ccccc4-c4ccccc42)c2ccccc2-3)c2c1ccc1c2OC2C=CC=CC12. The Bertz CT molecular complexity index is 3420. The summed E-state index contributed by atoms with van der Waals surface area (Å²) in [5.41, 5.74) is 16.4. The van der Waals surface area contributed by atoms with Crippen molar-refractivity contribution in [3.63, 3.8) is 0 Å². The van der Waals surface area contributed by atoms with Gasteiger partial charge in [-0.2, -0.15) is 0 Å². The Morgan fingerprint density at radius 1 is 0.493 bits per heavy atom. The van der Waals surface area contributed by atoms with Crippen LogP contribution in [-0.4, -0.2) is 14.2 Å². The first-order valence-corrected chi connectivity index (χ1v) is 26.0. The third-order valence-electron chi connectivity index (χ3n) is 16.0. The van der Waals surface area contributed by atoms with Crippen LogP contribution in [0.25, 0.3) is 22.3 Å². The van der Waals surface area contributed by atoms with Gasteiger partial charge in [0.15, 0.2) is 8.07 Å². The van der Waals surface area contributed by atoms with E-state index in [0.717, 1.165) is 45.4 Å². The Morgan fingerprint density at radius 2 is 1.04 bits per heavy atom. The third-order valence-corrected chi connectivity index (χ3v) is 20.9. The maximum atomic E-state index is 7.37. The van der Waals surface area contributed by atoms with Crippen molar-refractivity contribution < 1.29 is 9.47 Å². The Hall–Kier alpha value is -7.14. The van der Waals surface area contributed by atoms with E-state index in [-0.39, 0.29) is 22.9 Å². The van der Waals surface area contributed by atoms with Gasteiger partial charge in [-0.25, -0.2) is 0 Å². The number of hydrogen-bond donors (Lipinski definition) is 0. The minimum absolute atomic E-state index is 0.0904. The fraction of sp³-hybridized carbons (Fsp3) is 0.175. The predicted octanol–water partition coefficient (Wildman–Crippen LogP) is 12.9. The highest BCUT2D eigenvalue weighted by Gasteiger charge is 2.56. The van der Waals surface area contributed by atoms with Gasteiger partial charge >= 0.3 is 0 Å². The molecular weight excluding hydrogens is 831 g/mol. The lowest BCUT2D eigenvalue weighted by atomic mass is 9.60. The lowest BCUT2D eigenvalue weighted by Crippen LogP contribution is -2.70. The fourth-order valence-corrected chi connectivity index (χ4v) is 18.6. The number of fused-ring (bicyclic) bond motifs is 22. The van der Waals surface area contributed by atoms with Crippen molar-refractivity contribution in [3.05, 3.63) is 227 Å². The van der Waals surface area contributed by atoms with Crippen LogP contribution >= 0.6 is 0 Å². The van der Waals surface area contributed by atoms with Crippen molar-refractivity contribution in [1.82, 2.24) is 0 Å². The maximum Gasteiger partial charge on any atom is 0.182 e. The topological polar surface area (TPSA) is 21.7 Å². The molecule has 0 saturated heterocycles. The first kappa shape index (κ1) is 39.1. The second-order valence-electron chi connectivity index (χ2n) is 21.5. The molecule has 0 amide bonds. The molecule has 0 bridgehead atoms. The summed E-state index contributed by atoms with van der Waals surface area (Å²) < 4.78 is 14.5. The predicted molar refractivity (Wildman–Crippen MR) is 278 cm³/mol. The van der Waals surface area contributed by atoms with Crippen molar-refractivity contribution in [3.8, 4) is 39.5 Å². The molecule has 3 nitrogen and oxygen atoms in total. The van der Waals surface area contributed by atoms with E-state index >= 15 is 0 Å². The zero-order valence-electron chi connectivity index (χ0n) is 38.8. The molecule has 4 heteroatoms. The van der Waals surface area contributed by atoms with Gasteiger partial charge in [-0.3, -0.25) is 0 Å². The fourth-order valence-electron chi connectivity index (χ4n) is 13.0. The lowest BCUT2D eigenvalue weighted by Gasteiger charge is -2.49. The number of anilines is 3. The summed E-state index contributed by atoms with van der Waals surface area (Å²) in [4.78, 5) is 2.58. The van der Waals surface area contributed by atoms with Crippen LogP contribution in [0.3, 0.4) is 0 Å². The Kier molecular flexibility index (Phi) is 7.74. The number of allylic oxidation sites excluding steroid dienone is 2. The summed E-state index contributed by atoms with van der Waals surface area (Å²) in [7, 11) is -2.75. The molecule has 0 aromatic heterocycles. The van der Waals surface area contributed by atoms with Crippen LogP contribution in [0.15, 0.2) is 188 Å². The average molecular weight is 882 g/mol. The number of ether oxygens (including phenoxy) is 2. The first-order valence-electron chi connectivity index (χ1n) is 24.0. The molecule has 0 radical (unpaired) electrons. The van der Waals surface area contributed by atoms with Gasteiger partial charge < -0.3 is 14.4 Å². The molecule has 1 aliphatic carbocycles. The zero-order chi connectivity index (χ0) is 45.2. The van der Waals surface area contributed by atoms with E-state index in [1.54, 1.807) is 0 Å². The molecule has 67 heavy (non-hydrogen) atoms.